The molecule has 0 aliphatic carbocycles. The maximum absolute atomic E-state index is 12.2. The summed E-state index contributed by atoms with van der Waals surface area (Å²) in [6, 6.07) is 6.51. The molecular weight excluding hydrogens is 256 g/mol. The maximum atomic E-state index is 12.2. The van der Waals surface area contributed by atoms with Crippen molar-refractivity contribution in [2.45, 2.75) is 38.8 Å². The van der Waals surface area contributed by atoms with E-state index in [0.717, 1.165) is 11.3 Å². The van der Waals surface area contributed by atoms with Crippen LogP contribution in [0.3, 0.4) is 0 Å². The average Bonchev–Trinajstić information content (AvgIpc) is 2.87. The van der Waals surface area contributed by atoms with Crippen LogP contribution in [0.1, 0.15) is 25.8 Å². The largest absolute Gasteiger partial charge is 0.480 e. The fourth-order valence-electron chi connectivity index (χ4n) is 2.39. The smallest absolute Gasteiger partial charge is 0.326 e. The molecule has 3 atom stereocenters. The van der Waals surface area contributed by atoms with Gasteiger partial charge in [0.15, 0.2) is 0 Å². The molecule has 0 saturated carbocycles. The summed E-state index contributed by atoms with van der Waals surface area (Å²) < 4.78 is 0. The number of nitrogens with one attached hydrogen (secondary N) is 2. The number of rotatable bonds is 5. The number of anilines is 1. The van der Waals surface area contributed by atoms with E-state index in [1.54, 1.807) is 0 Å². The fourth-order valence-corrected chi connectivity index (χ4v) is 2.39. The van der Waals surface area contributed by atoms with Crippen LogP contribution >= 0.6 is 0 Å². The summed E-state index contributed by atoms with van der Waals surface area (Å²) in [6.45, 7) is 3.74. The average molecular weight is 276 g/mol. The molecule has 0 radical (unpaired) electrons. The van der Waals surface area contributed by atoms with Crippen LogP contribution in [0, 0.1) is 5.92 Å². The first-order chi connectivity index (χ1) is 9.52. The molecule has 1 unspecified atom stereocenters. The molecule has 20 heavy (non-hydrogen) atoms. The van der Waals surface area contributed by atoms with Gasteiger partial charge in [-0.3, -0.25) is 4.79 Å². The molecule has 2 rings (SSSR count). The molecule has 3 N–H and O–H groups in total. The Balaban J connectivity index is 2.01. The van der Waals surface area contributed by atoms with Crippen LogP contribution in [0.15, 0.2) is 24.3 Å². The van der Waals surface area contributed by atoms with Crippen LogP contribution in [-0.4, -0.2) is 29.1 Å². The van der Waals surface area contributed by atoms with Crippen molar-refractivity contribution in [3.8, 4) is 0 Å². The van der Waals surface area contributed by atoms with Crippen LogP contribution < -0.4 is 10.6 Å². The topological polar surface area (TPSA) is 78.4 Å². The highest BCUT2D eigenvalue weighted by atomic mass is 16.4. The summed E-state index contributed by atoms with van der Waals surface area (Å²) in [5, 5.41) is 15.0. The number of carbonyl (C=O) groups excluding carboxylic acids is 1. The molecule has 0 aromatic heterocycles. The summed E-state index contributed by atoms with van der Waals surface area (Å²) >= 11 is 0. The monoisotopic (exact) mass is 276 g/mol. The Kier molecular flexibility index (Phi) is 4.27. The van der Waals surface area contributed by atoms with E-state index < -0.39 is 18.1 Å². The van der Waals surface area contributed by atoms with E-state index in [1.807, 2.05) is 38.1 Å². The Morgan fingerprint density at radius 3 is 2.75 bits per heavy atom. The van der Waals surface area contributed by atoms with Crippen molar-refractivity contribution in [1.29, 1.82) is 0 Å². The number of carbonyl (C=O) groups is 2. The van der Waals surface area contributed by atoms with Crippen molar-refractivity contribution >= 4 is 17.6 Å². The zero-order valence-electron chi connectivity index (χ0n) is 11.7. The number of aliphatic carboxylic acids is 1. The minimum atomic E-state index is -0.983. The van der Waals surface area contributed by atoms with Gasteiger partial charge in [0.05, 0.1) is 0 Å². The first-order valence-electron chi connectivity index (χ1n) is 6.90. The third kappa shape index (κ3) is 2.92. The van der Waals surface area contributed by atoms with Crippen LogP contribution in [-0.2, 0) is 16.0 Å². The number of hydrogen-bond acceptors (Lipinski definition) is 3. The zero-order valence-corrected chi connectivity index (χ0v) is 11.7. The fraction of sp³-hybridized carbons (Fsp3) is 0.467. The van der Waals surface area contributed by atoms with Gasteiger partial charge in [0.2, 0.25) is 5.91 Å². The molecule has 5 heteroatoms. The molecule has 108 valence electrons. The van der Waals surface area contributed by atoms with E-state index >= 15 is 0 Å². The van der Waals surface area contributed by atoms with Gasteiger partial charge in [0, 0.05) is 12.1 Å². The van der Waals surface area contributed by atoms with E-state index in [1.165, 1.54) is 0 Å². The summed E-state index contributed by atoms with van der Waals surface area (Å²) in [7, 11) is 0. The van der Waals surface area contributed by atoms with Crippen molar-refractivity contribution < 1.29 is 14.7 Å². The molecule has 1 aliphatic heterocycles. The van der Waals surface area contributed by atoms with Gasteiger partial charge in [0.1, 0.15) is 12.1 Å². The number of amides is 1. The van der Waals surface area contributed by atoms with E-state index in [2.05, 4.69) is 10.6 Å². The molecule has 1 aromatic rings. The van der Waals surface area contributed by atoms with Gasteiger partial charge < -0.3 is 15.7 Å². The van der Waals surface area contributed by atoms with E-state index in [4.69, 9.17) is 0 Å². The van der Waals surface area contributed by atoms with Gasteiger partial charge in [-0.25, -0.2) is 4.79 Å². The first kappa shape index (κ1) is 14.4. The second-order valence-corrected chi connectivity index (χ2v) is 5.27. The first-order valence-corrected chi connectivity index (χ1v) is 6.90. The second-order valence-electron chi connectivity index (χ2n) is 5.27. The number of para-hydroxylation sites is 1. The SMILES string of the molecule is CCC(C)[C@H](NC(=O)[C@@H]1Cc2ccccc2N1)C(=O)O. The Morgan fingerprint density at radius 1 is 1.45 bits per heavy atom. The normalized spacial score (nSPS) is 19.6. The predicted molar refractivity (Wildman–Crippen MR) is 76.6 cm³/mol. The Labute approximate surface area is 118 Å². The molecular formula is C15H20N2O3. The third-order valence-electron chi connectivity index (χ3n) is 3.86. The minimum Gasteiger partial charge on any atom is -0.480 e. The van der Waals surface area contributed by atoms with Gasteiger partial charge in [-0.15, -0.1) is 0 Å². The lowest BCUT2D eigenvalue weighted by atomic mass is 9.98. The lowest BCUT2D eigenvalue weighted by molar-refractivity contribution is -0.143. The predicted octanol–water partition coefficient (Wildman–Crippen LogP) is 1.64. The zero-order chi connectivity index (χ0) is 14.7. The van der Waals surface area contributed by atoms with Crippen LogP contribution in [0.5, 0.6) is 0 Å². The number of carboxylic acid groups (broad SMARTS) is 1. The Morgan fingerprint density at radius 2 is 2.15 bits per heavy atom. The summed E-state index contributed by atoms with van der Waals surface area (Å²) in [5.41, 5.74) is 2.03. The molecule has 1 amide bonds. The highest BCUT2D eigenvalue weighted by Crippen LogP contribution is 2.25. The van der Waals surface area contributed by atoms with Crippen LogP contribution in [0.2, 0.25) is 0 Å². The quantitative estimate of drug-likeness (QED) is 0.764. The molecule has 1 heterocycles. The third-order valence-corrected chi connectivity index (χ3v) is 3.86. The molecule has 1 aromatic carbocycles. The molecule has 5 nitrogen and oxygen atoms in total. The van der Waals surface area contributed by atoms with Crippen molar-refractivity contribution in [3.05, 3.63) is 29.8 Å². The summed E-state index contributed by atoms with van der Waals surface area (Å²) in [4.78, 5) is 23.4. The molecule has 0 spiro atoms. The maximum Gasteiger partial charge on any atom is 0.326 e. The molecule has 0 fully saturated rings. The van der Waals surface area contributed by atoms with E-state index in [9.17, 15) is 14.7 Å². The van der Waals surface area contributed by atoms with E-state index in [-0.39, 0.29) is 11.8 Å². The van der Waals surface area contributed by atoms with Gasteiger partial charge in [-0.05, 0) is 17.5 Å². The molecule has 1 aliphatic rings. The highest BCUT2D eigenvalue weighted by Gasteiger charge is 2.31. The van der Waals surface area contributed by atoms with Crippen LogP contribution in [0.25, 0.3) is 0 Å². The van der Waals surface area contributed by atoms with Gasteiger partial charge in [-0.2, -0.15) is 0 Å². The van der Waals surface area contributed by atoms with Gasteiger partial charge in [-0.1, -0.05) is 38.5 Å². The summed E-state index contributed by atoms with van der Waals surface area (Å²) in [6.07, 6.45) is 1.30. The van der Waals surface area contributed by atoms with Gasteiger partial charge >= 0.3 is 5.97 Å². The van der Waals surface area contributed by atoms with E-state index in [0.29, 0.717) is 12.8 Å². The summed E-state index contributed by atoms with van der Waals surface area (Å²) in [5.74, 6) is -1.34. The van der Waals surface area contributed by atoms with Gasteiger partial charge in [0.25, 0.3) is 0 Å². The Hall–Kier alpha value is -2.04. The molecule has 0 saturated heterocycles. The lowest BCUT2D eigenvalue weighted by Gasteiger charge is -2.22. The molecule has 0 bridgehead atoms. The highest BCUT2D eigenvalue weighted by molar-refractivity contribution is 5.90. The lowest BCUT2D eigenvalue weighted by Crippen LogP contribution is -2.50. The van der Waals surface area contributed by atoms with Crippen molar-refractivity contribution in [3.63, 3.8) is 0 Å². The minimum absolute atomic E-state index is 0.0970. The van der Waals surface area contributed by atoms with Crippen molar-refractivity contribution in [2.75, 3.05) is 5.32 Å². The van der Waals surface area contributed by atoms with Crippen molar-refractivity contribution in [2.24, 2.45) is 5.92 Å². The standard InChI is InChI=1S/C15H20N2O3/c1-3-9(2)13(15(19)20)17-14(18)12-8-10-6-4-5-7-11(10)16-12/h4-7,9,12-13,16H,3,8H2,1-2H3,(H,17,18)(H,19,20)/t9?,12-,13-/m0/s1. The van der Waals surface area contributed by atoms with Crippen LogP contribution in [0.4, 0.5) is 5.69 Å². The number of hydrogen-bond donors (Lipinski definition) is 3. The second kappa shape index (κ2) is 5.94. The Bertz CT molecular complexity index is 491. The number of carboxylic acids is 1. The number of benzene rings is 1. The number of fused-ring (bicyclic) bond motifs is 1. The van der Waals surface area contributed by atoms with Crippen molar-refractivity contribution in [1.82, 2.24) is 5.32 Å².